The third kappa shape index (κ3) is 1.50. The highest BCUT2D eigenvalue weighted by atomic mass is 16.5. The second-order valence-electron chi connectivity index (χ2n) is 3.23. The van der Waals surface area contributed by atoms with Crippen LogP contribution in [0.5, 0.6) is 0 Å². The van der Waals surface area contributed by atoms with E-state index in [9.17, 15) is 0 Å². The van der Waals surface area contributed by atoms with E-state index in [0.717, 1.165) is 12.5 Å². The van der Waals surface area contributed by atoms with Crippen molar-refractivity contribution in [3.8, 4) is 0 Å². The van der Waals surface area contributed by atoms with Crippen molar-refractivity contribution in [1.82, 2.24) is 4.90 Å². The van der Waals surface area contributed by atoms with Crippen LogP contribution >= 0.6 is 0 Å². The van der Waals surface area contributed by atoms with E-state index >= 15 is 0 Å². The molecule has 0 radical (unpaired) electrons. The largest absolute Gasteiger partial charge is 0.384 e. The van der Waals surface area contributed by atoms with E-state index in [4.69, 9.17) is 4.74 Å². The van der Waals surface area contributed by atoms with Crippen molar-refractivity contribution in [3.63, 3.8) is 0 Å². The lowest BCUT2D eigenvalue weighted by Gasteiger charge is -2.19. The van der Waals surface area contributed by atoms with Crippen molar-refractivity contribution in [1.29, 1.82) is 0 Å². The standard InChI is InChI=1S/C8H17NO/c1-7-8(6-10-3)4-5-9(7)2/h7-8H,4-6H2,1-3H3/t7?,8-/m0/s1. The zero-order valence-electron chi connectivity index (χ0n) is 7.13. The molecule has 2 heteroatoms. The quantitative estimate of drug-likeness (QED) is 0.571. The summed E-state index contributed by atoms with van der Waals surface area (Å²) in [6, 6.07) is 0.708. The summed E-state index contributed by atoms with van der Waals surface area (Å²) in [7, 11) is 3.96. The van der Waals surface area contributed by atoms with E-state index in [1.165, 1.54) is 13.0 Å². The second kappa shape index (κ2) is 3.35. The fourth-order valence-electron chi connectivity index (χ4n) is 1.61. The number of likely N-dealkylation sites (tertiary alicyclic amines) is 1. The maximum Gasteiger partial charge on any atom is 0.0505 e. The smallest absolute Gasteiger partial charge is 0.0505 e. The number of hydrogen-bond donors (Lipinski definition) is 0. The van der Waals surface area contributed by atoms with E-state index in [2.05, 4.69) is 18.9 Å². The second-order valence-corrected chi connectivity index (χ2v) is 3.23. The molecule has 10 heavy (non-hydrogen) atoms. The molecule has 0 aliphatic carbocycles. The molecule has 1 saturated heterocycles. The highest BCUT2D eigenvalue weighted by Gasteiger charge is 2.27. The number of hydrogen-bond acceptors (Lipinski definition) is 2. The molecule has 1 fully saturated rings. The molecule has 0 spiro atoms. The third-order valence-corrected chi connectivity index (χ3v) is 2.61. The SMILES string of the molecule is COC[C@@H]1CCN(C)C1C. The Hall–Kier alpha value is -0.0800. The molecule has 0 saturated carbocycles. The molecule has 1 aliphatic rings. The van der Waals surface area contributed by atoms with Crippen molar-refractivity contribution < 1.29 is 4.74 Å². The maximum atomic E-state index is 5.12. The van der Waals surface area contributed by atoms with Crippen molar-refractivity contribution in [2.45, 2.75) is 19.4 Å². The zero-order chi connectivity index (χ0) is 7.56. The van der Waals surface area contributed by atoms with Crippen molar-refractivity contribution in [2.24, 2.45) is 5.92 Å². The number of methoxy groups -OCH3 is 1. The van der Waals surface area contributed by atoms with Crippen LogP contribution in [0.2, 0.25) is 0 Å². The molecule has 1 heterocycles. The van der Waals surface area contributed by atoms with Crippen LogP contribution in [0.4, 0.5) is 0 Å². The zero-order valence-corrected chi connectivity index (χ0v) is 7.13. The van der Waals surface area contributed by atoms with Crippen molar-refractivity contribution in [2.75, 3.05) is 27.3 Å². The average Bonchev–Trinajstić information content (AvgIpc) is 2.20. The highest BCUT2D eigenvalue weighted by molar-refractivity contribution is 4.80. The minimum Gasteiger partial charge on any atom is -0.384 e. The summed E-state index contributed by atoms with van der Waals surface area (Å²) in [4.78, 5) is 2.39. The van der Waals surface area contributed by atoms with Gasteiger partial charge < -0.3 is 9.64 Å². The fraction of sp³-hybridized carbons (Fsp3) is 1.00. The first-order chi connectivity index (χ1) is 4.75. The first-order valence-corrected chi connectivity index (χ1v) is 3.95. The predicted octanol–water partition coefficient (Wildman–Crippen LogP) is 0.973. The van der Waals surface area contributed by atoms with Crippen LogP contribution in [0.25, 0.3) is 0 Å². The molecule has 0 aromatic carbocycles. The van der Waals surface area contributed by atoms with Gasteiger partial charge in [-0.25, -0.2) is 0 Å². The summed E-state index contributed by atoms with van der Waals surface area (Å²) in [5.74, 6) is 0.759. The highest BCUT2D eigenvalue weighted by Crippen LogP contribution is 2.21. The van der Waals surface area contributed by atoms with Gasteiger partial charge in [0.1, 0.15) is 0 Å². The van der Waals surface area contributed by atoms with Crippen molar-refractivity contribution in [3.05, 3.63) is 0 Å². The Kier molecular flexibility index (Phi) is 2.69. The van der Waals surface area contributed by atoms with Crippen LogP contribution in [0.3, 0.4) is 0 Å². The van der Waals surface area contributed by atoms with Crippen LogP contribution in [0.1, 0.15) is 13.3 Å². The lowest BCUT2D eigenvalue weighted by molar-refractivity contribution is 0.135. The van der Waals surface area contributed by atoms with E-state index in [0.29, 0.717) is 6.04 Å². The van der Waals surface area contributed by atoms with Gasteiger partial charge in [-0.3, -0.25) is 0 Å². The van der Waals surface area contributed by atoms with Gasteiger partial charge in [0.25, 0.3) is 0 Å². The van der Waals surface area contributed by atoms with Crippen LogP contribution < -0.4 is 0 Å². The summed E-state index contributed by atoms with van der Waals surface area (Å²) in [6.45, 7) is 4.43. The van der Waals surface area contributed by atoms with Gasteiger partial charge in [0, 0.05) is 13.2 Å². The molecule has 1 rings (SSSR count). The van der Waals surface area contributed by atoms with E-state index in [1.807, 2.05) is 0 Å². The normalized spacial score (nSPS) is 35.1. The Balaban J connectivity index is 2.33. The first kappa shape index (κ1) is 8.02. The van der Waals surface area contributed by atoms with Crippen LogP contribution in [0.15, 0.2) is 0 Å². The molecule has 0 aromatic rings. The van der Waals surface area contributed by atoms with Gasteiger partial charge >= 0.3 is 0 Å². The molecule has 2 atom stereocenters. The van der Waals surface area contributed by atoms with Gasteiger partial charge in [0.15, 0.2) is 0 Å². The first-order valence-electron chi connectivity index (χ1n) is 3.95. The van der Waals surface area contributed by atoms with Crippen LogP contribution in [0, 0.1) is 5.92 Å². The van der Waals surface area contributed by atoms with E-state index in [1.54, 1.807) is 7.11 Å². The molecular weight excluding hydrogens is 126 g/mol. The topological polar surface area (TPSA) is 12.5 Å². The molecule has 0 aromatic heterocycles. The van der Waals surface area contributed by atoms with Gasteiger partial charge in [0.2, 0.25) is 0 Å². The maximum absolute atomic E-state index is 5.12. The number of nitrogens with zero attached hydrogens (tertiary/aromatic N) is 1. The molecular formula is C8H17NO. The third-order valence-electron chi connectivity index (χ3n) is 2.61. The molecule has 2 nitrogen and oxygen atoms in total. The number of rotatable bonds is 2. The Morgan fingerprint density at radius 1 is 1.60 bits per heavy atom. The molecule has 1 aliphatic heterocycles. The van der Waals surface area contributed by atoms with Gasteiger partial charge in [-0.2, -0.15) is 0 Å². The Bertz CT molecular complexity index is 103. The van der Waals surface area contributed by atoms with E-state index < -0.39 is 0 Å². The molecule has 60 valence electrons. The summed E-state index contributed by atoms with van der Waals surface area (Å²) < 4.78 is 5.12. The Morgan fingerprint density at radius 2 is 2.30 bits per heavy atom. The Morgan fingerprint density at radius 3 is 2.70 bits per heavy atom. The minimum atomic E-state index is 0.708. The lowest BCUT2D eigenvalue weighted by atomic mass is 10.0. The van der Waals surface area contributed by atoms with Gasteiger partial charge in [-0.15, -0.1) is 0 Å². The minimum absolute atomic E-state index is 0.708. The summed E-state index contributed by atoms with van der Waals surface area (Å²) in [6.07, 6.45) is 1.30. The van der Waals surface area contributed by atoms with Gasteiger partial charge in [-0.1, -0.05) is 0 Å². The van der Waals surface area contributed by atoms with E-state index in [-0.39, 0.29) is 0 Å². The summed E-state index contributed by atoms with van der Waals surface area (Å²) >= 11 is 0. The van der Waals surface area contributed by atoms with Gasteiger partial charge in [0.05, 0.1) is 6.61 Å². The monoisotopic (exact) mass is 143 g/mol. The molecule has 0 amide bonds. The molecule has 0 bridgehead atoms. The summed E-state index contributed by atoms with van der Waals surface area (Å²) in [5.41, 5.74) is 0. The number of ether oxygens (including phenoxy) is 1. The van der Waals surface area contributed by atoms with Crippen molar-refractivity contribution >= 4 is 0 Å². The lowest BCUT2D eigenvalue weighted by Crippen LogP contribution is -2.27. The molecule has 1 unspecified atom stereocenters. The van der Waals surface area contributed by atoms with Crippen LogP contribution in [-0.4, -0.2) is 38.3 Å². The molecule has 0 N–H and O–H groups in total. The summed E-state index contributed by atoms with van der Waals surface area (Å²) in [5, 5.41) is 0. The Labute approximate surface area is 63.2 Å². The fourth-order valence-corrected chi connectivity index (χ4v) is 1.61. The average molecular weight is 143 g/mol. The van der Waals surface area contributed by atoms with Gasteiger partial charge in [-0.05, 0) is 32.9 Å². The van der Waals surface area contributed by atoms with Crippen LogP contribution in [-0.2, 0) is 4.74 Å². The predicted molar refractivity (Wildman–Crippen MR) is 42.1 cm³/mol.